The number of benzene rings is 1. The number of hydrogen-bond acceptors (Lipinski definition) is 1. The Kier molecular flexibility index (Phi) is 3.44. The largest absolute Gasteiger partial charge is 0.346 e. The minimum Gasteiger partial charge on any atom is -0.346 e. The van der Waals surface area contributed by atoms with Gasteiger partial charge in [-0.2, -0.15) is 0 Å². The molecule has 0 atom stereocenters. The Morgan fingerprint density at radius 3 is 2.18 bits per heavy atom. The van der Waals surface area contributed by atoms with Crippen LogP contribution in [0.25, 0.3) is 0 Å². The fourth-order valence-corrected chi connectivity index (χ4v) is 5.91. The summed E-state index contributed by atoms with van der Waals surface area (Å²) in [5.41, 5.74) is 2.73. The van der Waals surface area contributed by atoms with Crippen molar-refractivity contribution in [1.29, 1.82) is 0 Å². The lowest BCUT2D eigenvalue weighted by Gasteiger charge is -2.60. The number of aryl methyl sites for hydroxylation is 1. The van der Waals surface area contributed by atoms with Gasteiger partial charge in [-0.05, 0) is 87.1 Å². The van der Waals surface area contributed by atoms with Gasteiger partial charge in [-0.1, -0.05) is 18.2 Å². The van der Waals surface area contributed by atoms with Crippen LogP contribution in [0, 0.1) is 24.7 Å². The van der Waals surface area contributed by atoms with Crippen LogP contribution in [0.4, 0.5) is 5.69 Å². The Balaban J connectivity index is 1.53. The van der Waals surface area contributed by atoms with Gasteiger partial charge in [0.2, 0.25) is 0 Å². The second-order valence-corrected chi connectivity index (χ2v) is 8.33. The van der Waals surface area contributed by atoms with Crippen LogP contribution < -0.4 is 5.32 Å². The summed E-state index contributed by atoms with van der Waals surface area (Å²) in [5.74, 6) is 2.86. The van der Waals surface area contributed by atoms with E-state index in [0.717, 1.165) is 28.6 Å². The first kappa shape index (κ1) is 14.5. The molecule has 0 saturated heterocycles. The number of nitrogens with one attached hydrogen (secondary N) is 1. The van der Waals surface area contributed by atoms with E-state index in [2.05, 4.69) is 48.5 Å². The molecule has 4 fully saturated rings. The minimum absolute atomic E-state index is 0.335. The van der Waals surface area contributed by atoms with Gasteiger partial charge in [0.1, 0.15) is 0 Å². The van der Waals surface area contributed by atoms with Gasteiger partial charge in [0.05, 0.1) is 0 Å². The minimum atomic E-state index is 0.335. The lowest BCUT2D eigenvalue weighted by molar-refractivity contribution is -0.0538. The number of para-hydroxylation sites is 1. The molecule has 1 aromatic carbocycles. The van der Waals surface area contributed by atoms with Crippen molar-refractivity contribution in [2.75, 3.05) is 12.4 Å². The zero-order valence-corrected chi connectivity index (χ0v) is 14.5. The first-order valence-corrected chi connectivity index (χ1v) is 9.07. The van der Waals surface area contributed by atoms with E-state index in [1.54, 1.807) is 0 Å². The molecule has 0 aliphatic heterocycles. The van der Waals surface area contributed by atoms with Gasteiger partial charge in [-0.3, -0.25) is 0 Å². The molecule has 4 saturated carbocycles. The summed E-state index contributed by atoms with van der Waals surface area (Å²) >= 11 is 5.77. The quantitative estimate of drug-likeness (QED) is 0.804. The zero-order chi connectivity index (χ0) is 15.3. The summed E-state index contributed by atoms with van der Waals surface area (Å²) in [6, 6.07) is 8.40. The average molecular weight is 314 g/mol. The fourth-order valence-electron chi connectivity index (χ4n) is 5.60. The van der Waals surface area contributed by atoms with Crippen molar-refractivity contribution in [1.82, 2.24) is 4.90 Å². The number of anilines is 1. The van der Waals surface area contributed by atoms with Gasteiger partial charge in [-0.25, -0.2) is 0 Å². The van der Waals surface area contributed by atoms with E-state index >= 15 is 0 Å². The highest BCUT2D eigenvalue weighted by atomic mass is 32.1. The second kappa shape index (κ2) is 5.23. The highest BCUT2D eigenvalue weighted by Crippen LogP contribution is 2.57. The molecule has 0 amide bonds. The summed E-state index contributed by atoms with van der Waals surface area (Å²) in [6.45, 7) is 2.13. The Morgan fingerprint density at radius 2 is 1.64 bits per heavy atom. The highest BCUT2D eigenvalue weighted by Gasteiger charge is 2.53. The summed E-state index contributed by atoms with van der Waals surface area (Å²) in [4.78, 5) is 2.42. The lowest BCUT2D eigenvalue weighted by atomic mass is 9.52. The fraction of sp³-hybridized carbons (Fsp3) is 0.632. The molecular weight excluding hydrogens is 288 g/mol. The van der Waals surface area contributed by atoms with Crippen molar-refractivity contribution in [3.05, 3.63) is 29.8 Å². The van der Waals surface area contributed by atoms with Crippen molar-refractivity contribution in [2.45, 2.75) is 51.0 Å². The van der Waals surface area contributed by atoms with Gasteiger partial charge in [-0.15, -0.1) is 0 Å². The van der Waals surface area contributed by atoms with Crippen LogP contribution >= 0.6 is 12.2 Å². The lowest BCUT2D eigenvalue weighted by Crippen LogP contribution is -2.60. The third-order valence-corrected chi connectivity index (χ3v) is 6.78. The number of hydrogen-bond donors (Lipinski definition) is 1. The molecule has 0 heterocycles. The standard InChI is InChI=1S/C19H26N2S/c1-13-5-3-4-6-17(13)20-18(22)21(2)19-10-14-7-15(11-19)9-16(8-14)12-19/h3-6,14-16H,7-12H2,1-2H3,(H,20,22). The predicted molar refractivity (Wildman–Crippen MR) is 96.1 cm³/mol. The van der Waals surface area contributed by atoms with Crippen LogP contribution in [0.1, 0.15) is 44.1 Å². The van der Waals surface area contributed by atoms with Crippen molar-refractivity contribution in [3.63, 3.8) is 0 Å². The maximum absolute atomic E-state index is 5.77. The predicted octanol–water partition coefficient (Wildman–Crippen LogP) is 4.59. The van der Waals surface area contributed by atoms with Crippen molar-refractivity contribution >= 4 is 23.0 Å². The first-order chi connectivity index (χ1) is 10.6. The molecule has 0 aromatic heterocycles. The van der Waals surface area contributed by atoms with Crippen molar-refractivity contribution in [2.24, 2.45) is 17.8 Å². The van der Waals surface area contributed by atoms with Crippen molar-refractivity contribution in [3.8, 4) is 0 Å². The van der Waals surface area contributed by atoms with Gasteiger partial charge in [0.25, 0.3) is 0 Å². The molecule has 22 heavy (non-hydrogen) atoms. The van der Waals surface area contributed by atoms with Crippen LogP contribution in [-0.4, -0.2) is 22.6 Å². The van der Waals surface area contributed by atoms with E-state index in [-0.39, 0.29) is 0 Å². The maximum atomic E-state index is 5.77. The van der Waals surface area contributed by atoms with Crippen molar-refractivity contribution < 1.29 is 0 Å². The molecule has 3 heteroatoms. The van der Waals surface area contributed by atoms with Gasteiger partial charge < -0.3 is 10.2 Å². The van der Waals surface area contributed by atoms with E-state index in [1.165, 1.54) is 44.1 Å². The Hall–Kier alpha value is -1.09. The molecule has 1 N–H and O–H groups in total. The van der Waals surface area contributed by atoms with Crippen LogP contribution in [0.5, 0.6) is 0 Å². The summed E-state index contributed by atoms with van der Waals surface area (Å²) in [7, 11) is 2.22. The van der Waals surface area contributed by atoms with Crippen LogP contribution in [0.2, 0.25) is 0 Å². The molecule has 0 unspecified atom stereocenters. The Morgan fingerprint density at radius 1 is 1.09 bits per heavy atom. The molecule has 4 aliphatic carbocycles. The molecule has 4 aliphatic rings. The number of nitrogens with zero attached hydrogens (tertiary/aromatic N) is 1. The molecule has 5 rings (SSSR count). The molecular formula is C19H26N2S. The molecule has 0 spiro atoms. The van der Waals surface area contributed by atoms with Gasteiger partial charge >= 0.3 is 0 Å². The molecule has 118 valence electrons. The second-order valence-electron chi connectivity index (χ2n) is 7.95. The van der Waals surface area contributed by atoms with E-state index < -0.39 is 0 Å². The van der Waals surface area contributed by atoms with E-state index in [9.17, 15) is 0 Å². The van der Waals surface area contributed by atoms with E-state index in [4.69, 9.17) is 12.2 Å². The van der Waals surface area contributed by atoms with E-state index in [0.29, 0.717) is 5.54 Å². The van der Waals surface area contributed by atoms with E-state index in [1.807, 2.05) is 0 Å². The third-order valence-electron chi connectivity index (χ3n) is 6.41. The normalized spacial score (nSPS) is 35.5. The summed E-state index contributed by atoms with van der Waals surface area (Å²) in [6.07, 6.45) is 8.49. The maximum Gasteiger partial charge on any atom is 0.173 e. The van der Waals surface area contributed by atoms with Crippen LogP contribution in [0.3, 0.4) is 0 Å². The summed E-state index contributed by atoms with van der Waals surface area (Å²) < 4.78 is 0. The SMILES string of the molecule is Cc1ccccc1NC(=S)N(C)C12CC3CC(CC(C3)C1)C2. The van der Waals surface area contributed by atoms with Crippen LogP contribution in [0.15, 0.2) is 24.3 Å². The third kappa shape index (κ3) is 2.34. The number of thiocarbonyl (C=S) groups is 1. The Bertz CT molecular complexity index is 560. The molecule has 1 aromatic rings. The molecule has 4 bridgehead atoms. The van der Waals surface area contributed by atoms with Gasteiger partial charge in [0.15, 0.2) is 5.11 Å². The summed E-state index contributed by atoms with van der Waals surface area (Å²) in [5, 5.41) is 4.39. The van der Waals surface area contributed by atoms with Gasteiger partial charge in [0, 0.05) is 18.3 Å². The highest BCUT2D eigenvalue weighted by molar-refractivity contribution is 7.80. The number of rotatable bonds is 2. The molecule has 2 nitrogen and oxygen atoms in total. The average Bonchev–Trinajstić information content (AvgIpc) is 2.47. The van der Waals surface area contributed by atoms with Crippen LogP contribution in [-0.2, 0) is 0 Å². The monoisotopic (exact) mass is 314 g/mol. The Labute approximate surface area is 139 Å². The zero-order valence-electron chi connectivity index (χ0n) is 13.6. The first-order valence-electron chi connectivity index (χ1n) is 8.66. The smallest absolute Gasteiger partial charge is 0.173 e. The topological polar surface area (TPSA) is 15.3 Å². The molecule has 0 radical (unpaired) electrons.